The summed E-state index contributed by atoms with van der Waals surface area (Å²) in [7, 11) is 2.10. The van der Waals surface area contributed by atoms with Crippen LogP contribution in [0.3, 0.4) is 0 Å². The average Bonchev–Trinajstić information content (AvgIpc) is 2.51. The van der Waals surface area contributed by atoms with Gasteiger partial charge in [-0.3, -0.25) is 4.79 Å². The molecule has 0 saturated carbocycles. The van der Waals surface area contributed by atoms with Crippen molar-refractivity contribution in [2.75, 3.05) is 40.0 Å². The molecule has 0 radical (unpaired) electrons. The SMILES string of the molecule is CCOC(=O)C1(C2CCN(C)C2)COC1. The van der Waals surface area contributed by atoms with E-state index in [0.29, 0.717) is 25.7 Å². The van der Waals surface area contributed by atoms with Crippen LogP contribution in [0.4, 0.5) is 0 Å². The zero-order valence-corrected chi connectivity index (χ0v) is 9.49. The number of likely N-dealkylation sites (tertiary alicyclic amines) is 1. The molecular formula is C11H19NO3. The molecule has 2 fully saturated rings. The first-order valence-corrected chi connectivity index (χ1v) is 5.62. The van der Waals surface area contributed by atoms with Crippen LogP contribution in [0.25, 0.3) is 0 Å². The van der Waals surface area contributed by atoms with E-state index in [0.717, 1.165) is 19.5 Å². The van der Waals surface area contributed by atoms with E-state index < -0.39 is 0 Å². The number of nitrogens with zero attached hydrogens (tertiary/aromatic N) is 1. The van der Waals surface area contributed by atoms with Crippen LogP contribution in [0.1, 0.15) is 13.3 Å². The molecule has 2 aliphatic rings. The van der Waals surface area contributed by atoms with Crippen molar-refractivity contribution in [2.45, 2.75) is 13.3 Å². The molecule has 0 aromatic carbocycles. The van der Waals surface area contributed by atoms with Gasteiger partial charge in [0.15, 0.2) is 0 Å². The van der Waals surface area contributed by atoms with Gasteiger partial charge in [0, 0.05) is 6.54 Å². The lowest BCUT2D eigenvalue weighted by molar-refractivity contribution is -0.196. The van der Waals surface area contributed by atoms with Gasteiger partial charge in [-0.05, 0) is 32.9 Å². The topological polar surface area (TPSA) is 38.8 Å². The summed E-state index contributed by atoms with van der Waals surface area (Å²) < 4.78 is 10.4. The molecule has 0 bridgehead atoms. The van der Waals surface area contributed by atoms with Gasteiger partial charge in [0.25, 0.3) is 0 Å². The molecule has 2 rings (SSSR count). The number of carbonyl (C=O) groups is 1. The van der Waals surface area contributed by atoms with Crippen LogP contribution < -0.4 is 0 Å². The Labute approximate surface area is 90.5 Å². The van der Waals surface area contributed by atoms with Crippen LogP contribution in [0.15, 0.2) is 0 Å². The van der Waals surface area contributed by atoms with Gasteiger partial charge in [0.1, 0.15) is 5.41 Å². The van der Waals surface area contributed by atoms with Crippen molar-refractivity contribution in [3.8, 4) is 0 Å². The highest BCUT2D eigenvalue weighted by atomic mass is 16.6. The molecule has 0 spiro atoms. The predicted octanol–water partition coefficient (Wildman–Crippen LogP) is 0.518. The summed E-state index contributed by atoms with van der Waals surface area (Å²) in [5.41, 5.74) is -0.333. The van der Waals surface area contributed by atoms with Crippen molar-refractivity contribution in [1.29, 1.82) is 0 Å². The molecule has 0 N–H and O–H groups in total. The van der Waals surface area contributed by atoms with Gasteiger partial charge in [0.05, 0.1) is 19.8 Å². The van der Waals surface area contributed by atoms with Crippen LogP contribution in [0, 0.1) is 11.3 Å². The zero-order valence-electron chi connectivity index (χ0n) is 9.49. The Balaban J connectivity index is 2.04. The summed E-state index contributed by atoms with van der Waals surface area (Å²) in [4.78, 5) is 14.2. The summed E-state index contributed by atoms with van der Waals surface area (Å²) in [6.45, 7) is 5.47. The van der Waals surface area contributed by atoms with Gasteiger partial charge < -0.3 is 14.4 Å². The smallest absolute Gasteiger partial charge is 0.317 e. The Bertz CT molecular complexity index is 250. The molecule has 0 amide bonds. The monoisotopic (exact) mass is 213 g/mol. The van der Waals surface area contributed by atoms with Crippen molar-refractivity contribution in [2.24, 2.45) is 11.3 Å². The third kappa shape index (κ3) is 1.76. The Kier molecular flexibility index (Phi) is 2.98. The zero-order chi connectivity index (χ0) is 10.9. The van der Waals surface area contributed by atoms with E-state index in [9.17, 15) is 4.79 Å². The fourth-order valence-electron chi connectivity index (χ4n) is 2.50. The third-order valence-electron chi connectivity index (χ3n) is 3.57. The van der Waals surface area contributed by atoms with Gasteiger partial charge in [0.2, 0.25) is 0 Å². The summed E-state index contributed by atoms with van der Waals surface area (Å²) in [6.07, 6.45) is 1.08. The number of hydrogen-bond donors (Lipinski definition) is 0. The lowest BCUT2D eigenvalue weighted by Gasteiger charge is -2.43. The van der Waals surface area contributed by atoms with Crippen molar-refractivity contribution < 1.29 is 14.3 Å². The van der Waals surface area contributed by atoms with Crippen molar-refractivity contribution in [3.63, 3.8) is 0 Å². The molecule has 0 aromatic rings. The van der Waals surface area contributed by atoms with Gasteiger partial charge >= 0.3 is 5.97 Å². The Morgan fingerprint density at radius 3 is 2.73 bits per heavy atom. The van der Waals surface area contributed by atoms with Crippen LogP contribution in [-0.4, -0.2) is 50.8 Å². The number of hydrogen-bond acceptors (Lipinski definition) is 4. The largest absolute Gasteiger partial charge is 0.465 e. The molecule has 4 nitrogen and oxygen atoms in total. The average molecular weight is 213 g/mol. The maximum Gasteiger partial charge on any atom is 0.317 e. The molecule has 2 saturated heterocycles. The van der Waals surface area contributed by atoms with E-state index >= 15 is 0 Å². The van der Waals surface area contributed by atoms with E-state index in [1.54, 1.807) is 0 Å². The fraction of sp³-hybridized carbons (Fsp3) is 0.909. The molecule has 15 heavy (non-hydrogen) atoms. The minimum atomic E-state index is -0.333. The number of esters is 1. The molecule has 2 aliphatic heterocycles. The summed E-state index contributed by atoms with van der Waals surface area (Å²) in [5.74, 6) is 0.354. The summed E-state index contributed by atoms with van der Waals surface area (Å²) >= 11 is 0. The first-order chi connectivity index (χ1) is 7.19. The molecule has 4 heteroatoms. The lowest BCUT2D eigenvalue weighted by atomic mass is 9.73. The number of rotatable bonds is 3. The van der Waals surface area contributed by atoms with E-state index in [1.807, 2.05) is 6.92 Å². The van der Waals surface area contributed by atoms with E-state index in [1.165, 1.54) is 0 Å². The maximum absolute atomic E-state index is 11.9. The van der Waals surface area contributed by atoms with Crippen LogP contribution in [0.2, 0.25) is 0 Å². The minimum absolute atomic E-state index is 0.0587. The summed E-state index contributed by atoms with van der Waals surface area (Å²) in [6, 6.07) is 0. The highest BCUT2D eigenvalue weighted by Gasteiger charge is 2.54. The first-order valence-electron chi connectivity index (χ1n) is 5.62. The minimum Gasteiger partial charge on any atom is -0.465 e. The molecule has 86 valence electrons. The standard InChI is InChI=1S/C11H19NO3/c1-3-15-10(13)11(7-14-8-11)9-4-5-12(2)6-9/h9H,3-8H2,1-2H3. The first kappa shape index (κ1) is 10.9. The summed E-state index contributed by atoms with van der Waals surface area (Å²) in [5, 5.41) is 0. The molecule has 0 aliphatic carbocycles. The van der Waals surface area contributed by atoms with Crippen molar-refractivity contribution >= 4 is 5.97 Å². The highest BCUT2D eigenvalue weighted by molar-refractivity contribution is 5.78. The number of ether oxygens (including phenoxy) is 2. The van der Waals surface area contributed by atoms with E-state index in [-0.39, 0.29) is 11.4 Å². The molecular weight excluding hydrogens is 194 g/mol. The van der Waals surface area contributed by atoms with Gasteiger partial charge in [-0.1, -0.05) is 0 Å². The Morgan fingerprint density at radius 1 is 1.60 bits per heavy atom. The fourth-order valence-corrected chi connectivity index (χ4v) is 2.50. The van der Waals surface area contributed by atoms with Crippen LogP contribution in [0.5, 0.6) is 0 Å². The Hall–Kier alpha value is -0.610. The van der Waals surface area contributed by atoms with Gasteiger partial charge in [-0.25, -0.2) is 0 Å². The quantitative estimate of drug-likeness (QED) is 0.641. The van der Waals surface area contributed by atoms with Crippen molar-refractivity contribution in [3.05, 3.63) is 0 Å². The van der Waals surface area contributed by atoms with E-state index in [2.05, 4.69) is 11.9 Å². The maximum atomic E-state index is 11.9. The lowest BCUT2D eigenvalue weighted by Crippen LogP contribution is -2.55. The molecule has 1 unspecified atom stereocenters. The Morgan fingerprint density at radius 2 is 2.33 bits per heavy atom. The number of carbonyl (C=O) groups excluding carboxylic acids is 1. The van der Waals surface area contributed by atoms with Gasteiger partial charge in [-0.2, -0.15) is 0 Å². The molecule has 1 atom stereocenters. The molecule has 0 aromatic heterocycles. The van der Waals surface area contributed by atoms with Crippen LogP contribution in [-0.2, 0) is 14.3 Å². The predicted molar refractivity (Wildman–Crippen MR) is 55.5 cm³/mol. The molecule has 2 heterocycles. The third-order valence-corrected chi connectivity index (χ3v) is 3.57. The highest BCUT2D eigenvalue weighted by Crippen LogP contribution is 2.41. The van der Waals surface area contributed by atoms with Gasteiger partial charge in [-0.15, -0.1) is 0 Å². The second kappa shape index (κ2) is 4.10. The van der Waals surface area contributed by atoms with E-state index in [4.69, 9.17) is 9.47 Å². The second-order valence-corrected chi connectivity index (χ2v) is 4.62. The normalized spacial score (nSPS) is 29.9. The van der Waals surface area contributed by atoms with Crippen molar-refractivity contribution in [1.82, 2.24) is 4.90 Å². The van der Waals surface area contributed by atoms with Crippen LogP contribution >= 0.6 is 0 Å². The second-order valence-electron chi connectivity index (χ2n) is 4.62.